The highest BCUT2D eigenvalue weighted by atomic mass is 16.6. The van der Waals surface area contributed by atoms with Gasteiger partial charge in [0, 0.05) is 19.5 Å². The molecule has 224 valence electrons. The van der Waals surface area contributed by atoms with Crippen molar-refractivity contribution in [2.24, 2.45) is 0 Å². The van der Waals surface area contributed by atoms with Crippen LogP contribution in [0, 0.1) is 6.92 Å². The molecule has 4 atom stereocenters. The Labute approximate surface area is 241 Å². The molecule has 3 aliphatic rings. The molecule has 4 N–H and O–H groups in total. The molecule has 1 aliphatic carbocycles. The van der Waals surface area contributed by atoms with Crippen LogP contribution in [0.1, 0.15) is 50.7 Å². The van der Waals surface area contributed by atoms with E-state index >= 15 is 0 Å². The highest BCUT2D eigenvalue weighted by Gasteiger charge is 2.50. The fraction of sp³-hybridized carbons (Fsp3) is 0.600. The fourth-order valence-electron chi connectivity index (χ4n) is 5.19. The summed E-state index contributed by atoms with van der Waals surface area (Å²) in [5, 5.41) is 18.3. The number of ether oxygens (including phenoxy) is 2. The second-order valence-electron chi connectivity index (χ2n) is 11.5. The Kier molecular flexibility index (Phi) is 10.2. The van der Waals surface area contributed by atoms with Crippen molar-refractivity contribution in [1.82, 2.24) is 20.9 Å². The van der Waals surface area contributed by atoms with Gasteiger partial charge in [0.05, 0.1) is 32.4 Å². The lowest BCUT2D eigenvalue weighted by Gasteiger charge is -2.27. The maximum atomic E-state index is 13.7. The number of aryl methyl sites for hydroxylation is 1. The lowest BCUT2D eigenvalue weighted by molar-refractivity contribution is -0.134. The molecule has 1 aromatic rings. The van der Waals surface area contributed by atoms with Gasteiger partial charge in [0.1, 0.15) is 23.4 Å². The minimum Gasteiger partial charge on any atom is -0.508 e. The SMILES string of the molecule is Cc1cc(C[C@H](NC(=O)[C@H](C)NC(=O)CN2CCOCC2)C(=O)N[C@@H](CC2=CCCC2)C(=O)[C@@]2(C)CO2)ccc1O. The summed E-state index contributed by atoms with van der Waals surface area (Å²) in [6, 6.07) is 2.28. The predicted octanol–water partition coefficient (Wildman–Crippen LogP) is 0.908. The number of benzene rings is 1. The third-order valence-corrected chi connectivity index (χ3v) is 7.91. The van der Waals surface area contributed by atoms with Gasteiger partial charge >= 0.3 is 0 Å². The topological polar surface area (TPSA) is 150 Å². The Morgan fingerprint density at radius 3 is 2.39 bits per heavy atom. The number of hydrogen-bond acceptors (Lipinski definition) is 8. The summed E-state index contributed by atoms with van der Waals surface area (Å²) in [5.41, 5.74) is 1.57. The molecule has 0 bridgehead atoms. The molecule has 11 heteroatoms. The van der Waals surface area contributed by atoms with Gasteiger partial charge in [-0.05, 0) is 63.6 Å². The van der Waals surface area contributed by atoms with E-state index < -0.39 is 35.5 Å². The third kappa shape index (κ3) is 8.61. The number of hydrogen-bond donors (Lipinski definition) is 4. The van der Waals surface area contributed by atoms with Crippen molar-refractivity contribution >= 4 is 23.5 Å². The molecule has 2 heterocycles. The quantitative estimate of drug-likeness (QED) is 0.202. The molecule has 2 fully saturated rings. The van der Waals surface area contributed by atoms with Crippen LogP contribution < -0.4 is 16.0 Å². The molecule has 1 aromatic carbocycles. The summed E-state index contributed by atoms with van der Waals surface area (Å²) < 4.78 is 10.7. The Morgan fingerprint density at radius 2 is 1.76 bits per heavy atom. The second kappa shape index (κ2) is 13.6. The number of allylic oxidation sites excluding steroid dienone is 1. The van der Waals surface area contributed by atoms with Crippen molar-refractivity contribution in [2.75, 3.05) is 39.5 Å². The van der Waals surface area contributed by atoms with Crippen molar-refractivity contribution in [1.29, 1.82) is 0 Å². The van der Waals surface area contributed by atoms with Crippen molar-refractivity contribution in [3.63, 3.8) is 0 Å². The third-order valence-electron chi connectivity index (χ3n) is 7.91. The van der Waals surface area contributed by atoms with E-state index in [9.17, 15) is 24.3 Å². The van der Waals surface area contributed by atoms with Gasteiger partial charge in [-0.3, -0.25) is 24.1 Å². The number of carbonyl (C=O) groups excluding carboxylic acids is 4. The summed E-state index contributed by atoms with van der Waals surface area (Å²) in [4.78, 5) is 54.7. The molecule has 11 nitrogen and oxygen atoms in total. The zero-order chi connectivity index (χ0) is 29.6. The Hall–Kier alpha value is -3.28. The molecule has 0 radical (unpaired) electrons. The van der Waals surface area contributed by atoms with Crippen LogP contribution in [-0.2, 0) is 35.1 Å². The second-order valence-corrected chi connectivity index (χ2v) is 11.5. The summed E-state index contributed by atoms with van der Waals surface area (Å²) in [7, 11) is 0. The minimum atomic E-state index is -1.02. The van der Waals surface area contributed by atoms with E-state index in [4.69, 9.17) is 9.47 Å². The molecule has 0 saturated carbocycles. The molecule has 41 heavy (non-hydrogen) atoms. The van der Waals surface area contributed by atoms with E-state index in [0.717, 1.165) is 30.4 Å². The van der Waals surface area contributed by atoms with E-state index in [1.54, 1.807) is 39.0 Å². The number of phenolic OH excluding ortho intramolecular Hbond substituents is 1. The summed E-state index contributed by atoms with van der Waals surface area (Å²) >= 11 is 0. The standard InChI is InChI=1S/C30H42N4O7/c1-19-14-22(8-9-25(19)35)16-24(33-28(38)20(2)31-26(36)17-34-10-12-40-13-11-34)29(39)32-23(15-21-6-4-5-7-21)27(37)30(3)18-41-30/h6,8-9,14,20,23-24,35H,4-5,7,10-13,15-18H2,1-3H3,(H,31,36)(H,32,39)(H,33,38)/t20-,23-,24-,30+/m0/s1. The first-order chi connectivity index (χ1) is 19.5. The van der Waals surface area contributed by atoms with E-state index in [0.29, 0.717) is 44.9 Å². The number of amides is 3. The van der Waals surface area contributed by atoms with Crippen LogP contribution >= 0.6 is 0 Å². The van der Waals surface area contributed by atoms with Gasteiger partial charge in [0.15, 0.2) is 5.78 Å². The maximum absolute atomic E-state index is 13.7. The smallest absolute Gasteiger partial charge is 0.243 e. The molecule has 0 unspecified atom stereocenters. The zero-order valence-corrected chi connectivity index (χ0v) is 24.2. The highest BCUT2D eigenvalue weighted by molar-refractivity contribution is 5.98. The van der Waals surface area contributed by atoms with Gasteiger partial charge in [-0.25, -0.2) is 0 Å². The van der Waals surface area contributed by atoms with Gasteiger partial charge in [0.2, 0.25) is 17.7 Å². The van der Waals surface area contributed by atoms with Crippen molar-refractivity contribution in [3.8, 4) is 5.75 Å². The molecule has 3 amide bonds. The van der Waals surface area contributed by atoms with E-state index in [2.05, 4.69) is 22.0 Å². The lowest BCUT2D eigenvalue weighted by atomic mass is 9.93. The monoisotopic (exact) mass is 570 g/mol. The van der Waals surface area contributed by atoms with Gasteiger partial charge in [-0.2, -0.15) is 0 Å². The summed E-state index contributed by atoms with van der Waals surface area (Å²) in [5.74, 6) is -1.37. The van der Waals surface area contributed by atoms with Crippen LogP contribution in [0.3, 0.4) is 0 Å². The number of Topliss-reactive ketones (excluding diaryl/α,β-unsaturated/α-hetero) is 1. The molecule has 0 spiro atoms. The number of phenols is 1. The number of epoxide rings is 1. The molecular formula is C30H42N4O7. The summed E-state index contributed by atoms with van der Waals surface area (Å²) in [6.07, 6.45) is 5.49. The van der Waals surface area contributed by atoms with Crippen LogP contribution in [0.25, 0.3) is 0 Å². The predicted molar refractivity (Wildman–Crippen MR) is 151 cm³/mol. The number of aromatic hydroxyl groups is 1. The van der Waals surface area contributed by atoms with Crippen LogP contribution in [0.5, 0.6) is 5.75 Å². The Morgan fingerprint density at radius 1 is 1.05 bits per heavy atom. The average Bonchev–Trinajstić information content (AvgIpc) is 3.48. The number of nitrogens with zero attached hydrogens (tertiary/aromatic N) is 1. The van der Waals surface area contributed by atoms with Crippen molar-refractivity contribution in [2.45, 2.75) is 76.6 Å². The first kappa shape index (κ1) is 30.7. The van der Waals surface area contributed by atoms with E-state index in [1.165, 1.54) is 0 Å². The largest absolute Gasteiger partial charge is 0.508 e. The van der Waals surface area contributed by atoms with Crippen molar-refractivity contribution in [3.05, 3.63) is 41.0 Å². The van der Waals surface area contributed by atoms with Crippen LogP contribution in [-0.4, -0.2) is 96.7 Å². The normalized spacial score (nSPS) is 22.7. The Bertz CT molecular complexity index is 1170. The van der Waals surface area contributed by atoms with Crippen molar-refractivity contribution < 1.29 is 33.8 Å². The van der Waals surface area contributed by atoms with Gasteiger partial charge < -0.3 is 30.5 Å². The Balaban J connectivity index is 1.45. The average molecular weight is 571 g/mol. The number of carbonyl (C=O) groups is 4. The van der Waals surface area contributed by atoms with Crippen LogP contribution in [0.4, 0.5) is 0 Å². The lowest BCUT2D eigenvalue weighted by Crippen LogP contribution is -2.57. The van der Waals surface area contributed by atoms with Gasteiger partial charge in [0.25, 0.3) is 0 Å². The van der Waals surface area contributed by atoms with E-state index in [1.807, 2.05) is 4.90 Å². The first-order valence-electron chi connectivity index (χ1n) is 14.4. The number of rotatable bonds is 13. The molecule has 2 saturated heterocycles. The zero-order valence-electron chi connectivity index (χ0n) is 24.2. The maximum Gasteiger partial charge on any atom is 0.243 e. The number of ketones is 1. The molecular weight excluding hydrogens is 528 g/mol. The number of nitrogens with one attached hydrogen (secondary N) is 3. The summed E-state index contributed by atoms with van der Waals surface area (Å²) in [6.45, 7) is 7.90. The first-order valence-corrected chi connectivity index (χ1v) is 14.4. The van der Waals surface area contributed by atoms with Gasteiger partial charge in [-0.1, -0.05) is 23.8 Å². The van der Waals surface area contributed by atoms with E-state index in [-0.39, 0.29) is 30.4 Å². The highest BCUT2D eigenvalue weighted by Crippen LogP contribution is 2.31. The van der Waals surface area contributed by atoms with Gasteiger partial charge in [-0.15, -0.1) is 0 Å². The minimum absolute atomic E-state index is 0.128. The van der Waals surface area contributed by atoms with Crippen LogP contribution in [0.15, 0.2) is 29.8 Å². The van der Waals surface area contributed by atoms with Crippen LogP contribution in [0.2, 0.25) is 0 Å². The number of morpholine rings is 1. The molecule has 0 aromatic heterocycles. The fourth-order valence-corrected chi connectivity index (χ4v) is 5.19. The molecule has 4 rings (SSSR count). The molecule has 2 aliphatic heterocycles.